The van der Waals surface area contributed by atoms with Gasteiger partial charge in [0, 0.05) is 23.4 Å². The third-order valence-corrected chi connectivity index (χ3v) is 3.85. The minimum atomic E-state index is -0.573. The highest BCUT2D eigenvalue weighted by atomic mass is 19.1. The predicted molar refractivity (Wildman–Crippen MR) is 101 cm³/mol. The van der Waals surface area contributed by atoms with Crippen molar-refractivity contribution >= 4 is 5.95 Å². The van der Waals surface area contributed by atoms with Gasteiger partial charge in [0.15, 0.2) is 0 Å². The van der Waals surface area contributed by atoms with Crippen LogP contribution < -0.4 is 16.0 Å². The average molecular weight is 369 g/mol. The zero-order chi connectivity index (χ0) is 19.4. The monoisotopic (exact) mass is 369 g/mol. The lowest BCUT2D eigenvalue weighted by Gasteiger charge is -2.13. The Morgan fingerprint density at radius 3 is 2.81 bits per heavy atom. The van der Waals surface area contributed by atoms with Crippen LogP contribution in [0.15, 0.2) is 47.4 Å². The van der Waals surface area contributed by atoms with Gasteiger partial charge in [0.25, 0.3) is 5.56 Å². The van der Waals surface area contributed by atoms with Crippen molar-refractivity contribution in [2.75, 3.05) is 19.0 Å². The molecule has 0 bridgehead atoms. The lowest BCUT2D eigenvalue weighted by atomic mass is 10.0. The maximum absolute atomic E-state index is 12.4. The normalized spacial score (nSPS) is 11.0. The van der Waals surface area contributed by atoms with Gasteiger partial charge in [0.05, 0.1) is 17.4 Å². The molecule has 7 nitrogen and oxygen atoms in total. The number of rotatable bonds is 6. The van der Waals surface area contributed by atoms with Gasteiger partial charge in [-0.1, -0.05) is 12.1 Å². The highest BCUT2D eigenvalue weighted by molar-refractivity contribution is 5.79. The number of halogens is 1. The number of anilines is 1. The molecule has 140 valence electrons. The van der Waals surface area contributed by atoms with Crippen molar-refractivity contribution in [1.82, 2.24) is 19.7 Å². The Kier molecular flexibility index (Phi) is 5.44. The fourth-order valence-corrected chi connectivity index (χ4v) is 2.63. The number of aromatic nitrogens is 4. The molecule has 8 heteroatoms. The van der Waals surface area contributed by atoms with Crippen LogP contribution in [0.1, 0.15) is 19.9 Å². The standard InChI is InChI=1S/C19H20FN5O2/c1-12(2)25-17(26)7-6-16(24-25)15-11-22-19(21)23-18(15)13-4-3-5-14(10-13)27-9-8-20/h3-7,10-12H,8-9H2,1-2H3,(H2,21,22,23). The van der Waals surface area contributed by atoms with Gasteiger partial charge in [0.2, 0.25) is 5.95 Å². The summed E-state index contributed by atoms with van der Waals surface area (Å²) in [5, 5.41) is 4.43. The summed E-state index contributed by atoms with van der Waals surface area (Å²) in [5.41, 5.74) is 8.05. The minimum Gasteiger partial charge on any atom is -0.491 e. The Bertz CT molecular complexity index is 1000. The Labute approximate surface area is 155 Å². The van der Waals surface area contributed by atoms with Crippen LogP contribution in [-0.2, 0) is 0 Å². The van der Waals surface area contributed by atoms with Gasteiger partial charge in [0.1, 0.15) is 19.0 Å². The van der Waals surface area contributed by atoms with E-state index in [0.717, 1.165) is 5.56 Å². The van der Waals surface area contributed by atoms with Crippen LogP contribution in [0.3, 0.4) is 0 Å². The zero-order valence-corrected chi connectivity index (χ0v) is 15.1. The molecule has 0 unspecified atom stereocenters. The molecule has 2 heterocycles. The van der Waals surface area contributed by atoms with Crippen molar-refractivity contribution in [3.8, 4) is 28.3 Å². The summed E-state index contributed by atoms with van der Waals surface area (Å²) in [6, 6.07) is 10.1. The minimum absolute atomic E-state index is 0.0247. The zero-order valence-electron chi connectivity index (χ0n) is 15.1. The Morgan fingerprint density at radius 2 is 2.07 bits per heavy atom. The second kappa shape index (κ2) is 7.94. The third-order valence-electron chi connectivity index (χ3n) is 3.85. The summed E-state index contributed by atoms with van der Waals surface area (Å²) in [7, 11) is 0. The van der Waals surface area contributed by atoms with Gasteiger partial charge in [-0.05, 0) is 32.0 Å². The maximum Gasteiger partial charge on any atom is 0.267 e. The van der Waals surface area contributed by atoms with Crippen LogP contribution in [0.25, 0.3) is 22.5 Å². The number of benzene rings is 1. The van der Waals surface area contributed by atoms with Gasteiger partial charge < -0.3 is 10.5 Å². The molecule has 0 aliphatic heterocycles. The number of hydrogen-bond donors (Lipinski definition) is 1. The van der Waals surface area contributed by atoms with Gasteiger partial charge in [-0.3, -0.25) is 4.79 Å². The van der Waals surface area contributed by atoms with E-state index in [1.807, 2.05) is 19.9 Å². The number of ether oxygens (including phenoxy) is 1. The number of hydrogen-bond acceptors (Lipinski definition) is 6. The van der Waals surface area contributed by atoms with E-state index < -0.39 is 6.67 Å². The van der Waals surface area contributed by atoms with Gasteiger partial charge >= 0.3 is 0 Å². The molecule has 1 aromatic carbocycles. The molecule has 2 aromatic heterocycles. The number of nitrogens with zero attached hydrogens (tertiary/aromatic N) is 4. The largest absolute Gasteiger partial charge is 0.491 e. The first-order valence-electron chi connectivity index (χ1n) is 8.51. The van der Waals surface area contributed by atoms with E-state index in [0.29, 0.717) is 22.7 Å². The molecular formula is C19H20FN5O2. The first-order valence-corrected chi connectivity index (χ1v) is 8.51. The summed E-state index contributed by atoms with van der Waals surface area (Å²) in [6.45, 7) is 3.16. The molecule has 3 aromatic rings. The second-order valence-corrected chi connectivity index (χ2v) is 6.15. The molecule has 0 atom stereocenters. The molecule has 0 saturated heterocycles. The fourth-order valence-electron chi connectivity index (χ4n) is 2.63. The highest BCUT2D eigenvalue weighted by Crippen LogP contribution is 2.31. The lowest BCUT2D eigenvalue weighted by Crippen LogP contribution is -2.24. The first-order chi connectivity index (χ1) is 13.0. The topological polar surface area (TPSA) is 95.9 Å². The van der Waals surface area contributed by atoms with E-state index >= 15 is 0 Å². The van der Waals surface area contributed by atoms with Crippen LogP contribution in [-0.4, -0.2) is 33.0 Å². The molecule has 3 rings (SSSR count). The van der Waals surface area contributed by atoms with Gasteiger partial charge in [-0.25, -0.2) is 19.0 Å². The summed E-state index contributed by atoms with van der Waals surface area (Å²) in [5.74, 6) is 0.634. The van der Waals surface area contributed by atoms with Crippen LogP contribution in [0.4, 0.5) is 10.3 Å². The maximum atomic E-state index is 12.4. The van der Waals surface area contributed by atoms with Crippen LogP contribution in [0.2, 0.25) is 0 Å². The Balaban J connectivity index is 2.12. The van der Waals surface area contributed by atoms with Gasteiger partial charge in [-0.15, -0.1) is 0 Å². The summed E-state index contributed by atoms with van der Waals surface area (Å²) in [4.78, 5) is 20.4. The van der Waals surface area contributed by atoms with Crippen LogP contribution in [0.5, 0.6) is 5.75 Å². The second-order valence-electron chi connectivity index (χ2n) is 6.15. The van der Waals surface area contributed by atoms with Crippen molar-refractivity contribution in [2.24, 2.45) is 0 Å². The Morgan fingerprint density at radius 1 is 1.26 bits per heavy atom. The summed E-state index contributed by atoms with van der Waals surface area (Å²) < 4.78 is 19.1. The van der Waals surface area contributed by atoms with Crippen molar-refractivity contribution in [3.05, 3.63) is 52.9 Å². The van der Waals surface area contributed by atoms with Crippen molar-refractivity contribution in [1.29, 1.82) is 0 Å². The molecule has 0 spiro atoms. The smallest absolute Gasteiger partial charge is 0.267 e. The predicted octanol–water partition coefficient (Wildman–Crippen LogP) is 2.88. The number of nitrogens with two attached hydrogens (primary N) is 1. The number of nitrogen functional groups attached to an aromatic ring is 1. The molecule has 0 aliphatic rings. The summed E-state index contributed by atoms with van der Waals surface area (Å²) >= 11 is 0. The Hall–Kier alpha value is -3.29. The molecule has 27 heavy (non-hydrogen) atoms. The first kappa shape index (κ1) is 18.5. The highest BCUT2D eigenvalue weighted by Gasteiger charge is 2.15. The molecule has 0 radical (unpaired) electrons. The van der Waals surface area contributed by atoms with E-state index in [2.05, 4.69) is 15.1 Å². The van der Waals surface area contributed by atoms with Crippen molar-refractivity contribution in [2.45, 2.75) is 19.9 Å². The number of alkyl halides is 1. The lowest BCUT2D eigenvalue weighted by molar-refractivity contribution is 0.273. The molecule has 0 aliphatic carbocycles. The molecule has 0 saturated carbocycles. The quantitative estimate of drug-likeness (QED) is 0.718. The van der Waals surface area contributed by atoms with Gasteiger partial charge in [-0.2, -0.15) is 5.10 Å². The molecule has 0 amide bonds. The van der Waals surface area contributed by atoms with E-state index in [4.69, 9.17) is 10.5 Å². The van der Waals surface area contributed by atoms with E-state index in [9.17, 15) is 9.18 Å². The van der Waals surface area contributed by atoms with Crippen LogP contribution in [0, 0.1) is 0 Å². The van der Waals surface area contributed by atoms with Crippen LogP contribution >= 0.6 is 0 Å². The van der Waals surface area contributed by atoms with E-state index in [1.165, 1.54) is 10.7 Å². The fraction of sp³-hybridized carbons (Fsp3) is 0.263. The summed E-state index contributed by atoms with van der Waals surface area (Å²) in [6.07, 6.45) is 1.57. The molecule has 2 N–H and O–H groups in total. The van der Waals surface area contributed by atoms with E-state index in [1.54, 1.807) is 30.5 Å². The molecule has 0 fully saturated rings. The van der Waals surface area contributed by atoms with E-state index in [-0.39, 0.29) is 24.2 Å². The third kappa shape index (κ3) is 4.11. The van der Waals surface area contributed by atoms with Crippen molar-refractivity contribution < 1.29 is 9.13 Å². The average Bonchev–Trinajstić information content (AvgIpc) is 2.67. The van der Waals surface area contributed by atoms with Crippen molar-refractivity contribution in [3.63, 3.8) is 0 Å². The molecular weight excluding hydrogens is 349 g/mol. The SMILES string of the molecule is CC(C)n1nc(-c2cnc(N)nc2-c2cccc(OCCF)c2)ccc1=O.